The van der Waals surface area contributed by atoms with Crippen molar-refractivity contribution in [1.29, 1.82) is 0 Å². The predicted octanol–water partition coefficient (Wildman–Crippen LogP) is 3.01. The summed E-state index contributed by atoms with van der Waals surface area (Å²) < 4.78 is 30.5. The Balaban J connectivity index is 0.00000576. The molecule has 0 fully saturated rings. The molecule has 0 amide bonds. The van der Waals surface area contributed by atoms with Crippen LogP contribution in [-0.4, -0.2) is 53.3 Å². The van der Waals surface area contributed by atoms with E-state index in [0.29, 0.717) is 24.8 Å². The molecule has 1 rings (SSSR count). The van der Waals surface area contributed by atoms with Gasteiger partial charge in [-0.1, -0.05) is 6.07 Å². The van der Waals surface area contributed by atoms with Crippen LogP contribution in [0.4, 0.5) is 4.39 Å². The third-order valence-corrected chi connectivity index (χ3v) is 5.40. The molecule has 25 heavy (non-hydrogen) atoms. The highest BCUT2D eigenvalue weighted by Crippen LogP contribution is 2.18. The minimum Gasteiger partial charge on any atom is -0.494 e. The lowest BCUT2D eigenvalue weighted by atomic mass is 10.2. The highest BCUT2D eigenvalue weighted by Gasteiger charge is 2.19. The fourth-order valence-electron chi connectivity index (χ4n) is 2.10. The molecule has 0 aromatic heterocycles. The van der Waals surface area contributed by atoms with Crippen LogP contribution >= 0.6 is 24.0 Å². The Hall–Kier alpha value is -0.900. The van der Waals surface area contributed by atoms with Crippen LogP contribution in [0.2, 0.25) is 0 Å². The van der Waals surface area contributed by atoms with Crippen molar-refractivity contribution in [3.63, 3.8) is 0 Å². The number of benzene rings is 1. The zero-order valence-corrected chi connectivity index (χ0v) is 18.9. The van der Waals surface area contributed by atoms with E-state index in [-0.39, 0.29) is 40.3 Å². The summed E-state index contributed by atoms with van der Waals surface area (Å²) in [4.78, 5) is 6.10. The Labute approximate surface area is 169 Å². The summed E-state index contributed by atoms with van der Waals surface area (Å²) in [6, 6.07) is 4.89. The molecule has 0 aliphatic carbocycles. The minimum absolute atomic E-state index is 0. The summed E-state index contributed by atoms with van der Waals surface area (Å²) in [6.45, 7) is 6.95. The lowest BCUT2D eigenvalue weighted by molar-refractivity contribution is 0.385. The van der Waals surface area contributed by atoms with E-state index in [0.717, 1.165) is 5.56 Å². The van der Waals surface area contributed by atoms with Gasteiger partial charge >= 0.3 is 0 Å². The first-order valence-electron chi connectivity index (χ1n) is 7.81. The van der Waals surface area contributed by atoms with Crippen LogP contribution in [0.25, 0.3) is 0 Å². The summed E-state index contributed by atoms with van der Waals surface area (Å²) in [5.74, 6) is 1.07. The van der Waals surface area contributed by atoms with E-state index in [1.54, 1.807) is 13.1 Å². The Bertz CT molecular complexity index is 606. The van der Waals surface area contributed by atoms with Crippen molar-refractivity contribution < 1.29 is 13.3 Å². The smallest absolute Gasteiger partial charge is 0.193 e. The number of rotatable bonds is 6. The summed E-state index contributed by atoms with van der Waals surface area (Å²) in [7, 11) is 4.09. The van der Waals surface area contributed by atoms with Gasteiger partial charge in [0.15, 0.2) is 17.5 Å². The van der Waals surface area contributed by atoms with Gasteiger partial charge in [0.2, 0.25) is 0 Å². The number of nitrogens with one attached hydrogen (secondary N) is 1. The lowest BCUT2D eigenvalue weighted by Crippen LogP contribution is -2.41. The van der Waals surface area contributed by atoms with Crippen molar-refractivity contribution in [2.24, 2.45) is 4.99 Å². The van der Waals surface area contributed by atoms with Crippen LogP contribution in [0.1, 0.15) is 26.3 Å². The van der Waals surface area contributed by atoms with E-state index >= 15 is 0 Å². The van der Waals surface area contributed by atoms with Crippen molar-refractivity contribution in [2.45, 2.75) is 32.1 Å². The summed E-state index contributed by atoms with van der Waals surface area (Å²) >= 11 is 0. The quantitative estimate of drug-likeness (QED) is 0.383. The number of halogens is 2. The standard InChI is InChI=1S/C17H28FN3O2S.HI/c1-17(2,3)24(22)10-9-20-16(19-4)21(5)12-13-7-8-15(23-6)14(18)11-13;/h7-8,11H,9-10,12H2,1-6H3,(H,19,20);1H. The fourth-order valence-corrected chi connectivity index (χ4v) is 3.00. The van der Waals surface area contributed by atoms with Gasteiger partial charge in [-0.15, -0.1) is 24.0 Å². The average molecular weight is 485 g/mol. The Morgan fingerprint density at radius 2 is 2.04 bits per heavy atom. The van der Waals surface area contributed by atoms with Gasteiger partial charge in [-0.3, -0.25) is 9.20 Å². The normalized spacial score (nSPS) is 13.0. The molecule has 144 valence electrons. The summed E-state index contributed by atoms with van der Waals surface area (Å²) in [5.41, 5.74) is 0.817. The number of methoxy groups -OCH3 is 1. The number of nitrogens with zero attached hydrogens (tertiary/aromatic N) is 2. The van der Waals surface area contributed by atoms with Gasteiger partial charge in [-0.2, -0.15) is 0 Å². The van der Waals surface area contributed by atoms with Crippen LogP contribution < -0.4 is 10.1 Å². The van der Waals surface area contributed by atoms with Crippen molar-refractivity contribution >= 4 is 40.7 Å². The molecule has 0 saturated heterocycles. The van der Waals surface area contributed by atoms with Crippen molar-refractivity contribution in [3.8, 4) is 5.75 Å². The zero-order chi connectivity index (χ0) is 18.3. The van der Waals surface area contributed by atoms with E-state index < -0.39 is 10.8 Å². The van der Waals surface area contributed by atoms with E-state index in [2.05, 4.69) is 10.3 Å². The second-order valence-electron chi connectivity index (χ2n) is 6.46. The van der Waals surface area contributed by atoms with Crippen molar-refractivity contribution in [1.82, 2.24) is 10.2 Å². The first kappa shape index (κ1) is 24.1. The van der Waals surface area contributed by atoms with Gasteiger partial charge in [-0.05, 0) is 38.5 Å². The van der Waals surface area contributed by atoms with Crippen LogP contribution in [-0.2, 0) is 17.3 Å². The third-order valence-electron chi connectivity index (χ3n) is 3.46. The molecule has 0 aliphatic heterocycles. The van der Waals surface area contributed by atoms with E-state index in [9.17, 15) is 8.60 Å². The molecular formula is C17H29FIN3O2S. The molecule has 1 unspecified atom stereocenters. The van der Waals surface area contributed by atoms with Gasteiger partial charge in [0, 0.05) is 48.5 Å². The molecule has 1 aromatic rings. The average Bonchev–Trinajstić information content (AvgIpc) is 2.50. The lowest BCUT2D eigenvalue weighted by Gasteiger charge is -2.23. The number of hydrogen-bond acceptors (Lipinski definition) is 3. The van der Waals surface area contributed by atoms with Crippen LogP contribution in [0.3, 0.4) is 0 Å². The SMILES string of the molecule is CN=C(NCCS(=O)C(C)(C)C)N(C)Cc1ccc(OC)c(F)c1.I. The largest absolute Gasteiger partial charge is 0.494 e. The monoisotopic (exact) mass is 485 g/mol. The van der Waals surface area contributed by atoms with Crippen LogP contribution in [0, 0.1) is 5.82 Å². The van der Waals surface area contributed by atoms with Gasteiger partial charge in [0.25, 0.3) is 0 Å². The molecule has 1 aromatic carbocycles. The number of aliphatic imine (C=N–C) groups is 1. The third kappa shape index (κ3) is 7.89. The predicted molar refractivity (Wildman–Crippen MR) is 114 cm³/mol. The topological polar surface area (TPSA) is 53.9 Å². The molecule has 0 aliphatic rings. The Kier molecular flexibility index (Phi) is 10.6. The molecule has 8 heteroatoms. The van der Waals surface area contributed by atoms with Crippen molar-refractivity contribution in [2.75, 3.05) is 33.5 Å². The van der Waals surface area contributed by atoms with Gasteiger partial charge < -0.3 is 15.0 Å². The fraction of sp³-hybridized carbons (Fsp3) is 0.588. The molecule has 1 atom stereocenters. The van der Waals surface area contributed by atoms with Gasteiger partial charge in [0.05, 0.1) is 7.11 Å². The number of hydrogen-bond donors (Lipinski definition) is 1. The Morgan fingerprint density at radius 1 is 1.40 bits per heavy atom. The highest BCUT2D eigenvalue weighted by molar-refractivity contribution is 14.0. The number of ether oxygens (including phenoxy) is 1. The first-order valence-corrected chi connectivity index (χ1v) is 9.13. The van der Waals surface area contributed by atoms with E-state index in [4.69, 9.17) is 4.74 Å². The molecule has 0 spiro atoms. The number of guanidine groups is 1. The first-order chi connectivity index (χ1) is 11.2. The van der Waals surface area contributed by atoms with E-state index in [1.165, 1.54) is 13.2 Å². The minimum atomic E-state index is -0.913. The Morgan fingerprint density at radius 3 is 2.52 bits per heavy atom. The summed E-state index contributed by atoms with van der Waals surface area (Å²) in [5, 5.41) is 3.19. The van der Waals surface area contributed by atoms with Gasteiger partial charge in [-0.25, -0.2) is 4.39 Å². The molecule has 5 nitrogen and oxygen atoms in total. The second kappa shape index (κ2) is 10.9. The van der Waals surface area contributed by atoms with Crippen LogP contribution in [0.5, 0.6) is 5.75 Å². The summed E-state index contributed by atoms with van der Waals surface area (Å²) in [6.07, 6.45) is 0. The van der Waals surface area contributed by atoms with Gasteiger partial charge in [0.1, 0.15) is 0 Å². The molecule has 0 saturated carbocycles. The zero-order valence-electron chi connectivity index (χ0n) is 15.8. The van der Waals surface area contributed by atoms with Crippen LogP contribution in [0.15, 0.2) is 23.2 Å². The second-order valence-corrected chi connectivity index (χ2v) is 8.79. The van der Waals surface area contributed by atoms with E-state index in [1.807, 2.05) is 38.8 Å². The maximum absolute atomic E-state index is 13.8. The maximum atomic E-state index is 13.8. The molecule has 0 radical (unpaired) electrons. The molecule has 1 N–H and O–H groups in total. The molecular weight excluding hydrogens is 456 g/mol. The maximum Gasteiger partial charge on any atom is 0.193 e. The van der Waals surface area contributed by atoms with Crippen molar-refractivity contribution in [3.05, 3.63) is 29.6 Å². The molecule has 0 bridgehead atoms. The molecule has 0 heterocycles. The highest BCUT2D eigenvalue weighted by atomic mass is 127.